The van der Waals surface area contributed by atoms with Crippen LogP contribution in [0.1, 0.15) is 45.6 Å². The molecule has 9 heteroatoms. The number of carbonyl (C=O) groups is 4. The molecule has 2 aliphatic rings. The molecular formula is C22H30N4O5. The van der Waals surface area contributed by atoms with Crippen LogP contribution in [0.3, 0.4) is 0 Å². The molecule has 1 aromatic carbocycles. The average molecular weight is 431 g/mol. The molecule has 5 amide bonds. The van der Waals surface area contributed by atoms with Crippen LogP contribution in [0, 0.1) is 5.92 Å². The maximum Gasteiger partial charge on any atom is 0.410 e. The van der Waals surface area contributed by atoms with Crippen LogP contribution in [-0.2, 0) is 20.9 Å². The number of nitrogens with one attached hydrogen (secondary N) is 2. The first-order chi connectivity index (χ1) is 14.6. The summed E-state index contributed by atoms with van der Waals surface area (Å²) in [6, 6.07) is 6.72. The van der Waals surface area contributed by atoms with Gasteiger partial charge >= 0.3 is 12.1 Å². The Kier molecular flexibility index (Phi) is 6.82. The van der Waals surface area contributed by atoms with Crippen LogP contribution in [0.5, 0.6) is 0 Å². The Balaban J connectivity index is 1.47. The second-order valence-electron chi connectivity index (χ2n) is 9.00. The van der Waals surface area contributed by atoms with E-state index in [1.807, 2.05) is 20.8 Å². The summed E-state index contributed by atoms with van der Waals surface area (Å²) < 4.78 is 5.40. The standard InChI is InChI=1S/C22H30N4O5/c1-22(2,3)31-21(30)25-9-7-15(8-10-25)12-18(27)24-17-6-4-5-16(11-17)14-26-19(28)13-23-20(26)29/h4-6,11,15H,7-10,12-14H2,1-3H3,(H,23,29)(H,24,27). The van der Waals surface area contributed by atoms with Crippen molar-refractivity contribution in [3.63, 3.8) is 0 Å². The first-order valence-electron chi connectivity index (χ1n) is 10.6. The maximum absolute atomic E-state index is 12.5. The Labute approximate surface area is 182 Å². The lowest BCUT2D eigenvalue weighted by Gasteiger charge is -2.33. The lowest BCUT2D eigenvalue weighted by molar-refractivity contribution is -0.125. The van der Waals surface area contributed by atoms with Gasteiger partial charge in [0.25, 0.3) is 0 Å². The fourth-order valence-electron chi connectivity index (χ4n) is 3.67. The van der Waals surface area contributed by atoms with Crippen molar-refractivity contribution < 1.29 is 23.9 Å². The number of hydrogen-bond acceptors (Lipinski definition) is 5. The Hall–Kier alpha value is -3.10. The molecule has 0 aromatic heterocycles. The third kappa shape index (κ3) is 6.44. The minimum Gasteiger partial charge on any atom is -0.444 e. The van der Waals surface area contributed by atoms with Gasteiger partial charge in [0, 0.05) is 25.2 Å². The van der Waals surface area contributed by atoms with E-state index in [9.17, 15) is 19.2 Å². The molecule has 2 N–H and O–H groups in total. The molecular weight excluding hydrogens is 400 g/mol. The van der Waals surface area contributed by atoms with Crippen molar-refractivity contribution in [2.75, 3.05) is 25.0 Å². The number of benzene rings is 1. The summed E-state index contributed by atoms with van der Waals surface area (Å²) in [6.07, 6.45) is 1.56. The molecule has 0 spiro atoms. The van der Waals surface area contributed by atoms with E-state index >= 15 is 0 Å². The van der Waals surface area contributed by atoms with Gasteiger partial charge in [-0.2, -0.15) is 0 Å². The van der Waals surface area contributed by atoms with Crippen LogP contribution in [0.25, 0.3) is 0 Å². The number of rotatable bonds is 5. The van der Waals surface area contributed by atoms with E-state index in [2.05, 4.69) is 10.6 Å². The zero-order chi connectivity index (χ0) is 22.6. The number of piperidine rings is 1. The number of hydrogen-bond donors (Lipinski definition) is 2. The summed E-state index contributed by atoms with van der Waals surface area (Å²) in [5.41, 5.74) is 0.864. The molecule has 0 aliphatic carbocycles. The predicted molar refractivity (Wildman–Crippen MR) is 114 cm³/mol. The van der Waals surface area contributed by atoms with Gasteiger partial charge in [-0.05, 0) is 57.2 Å². The molecule has 2 heterocycles. The van der Waals surface area contributed by atoms with Crippen LogP contribution in [0.2, 0.25) is 0 Å². The number of imide groups is 1. The number of nitrogens with zero attached hydrogens (tertiary/aromatic N) is 2. The van der Waals surface area contributed by atoms with Crippen molar-refractivity contribution in [2.45, 2.75) is 52.2 Å². The molecule has 31 heavy (non-hydrogen) atoms. The molecule has 1 aromatic rings. The summed E-state index contributed by atoms with van der Waals surface area (Å²) in [6.45, 7) is 6.86. The van der Waals surface area contributed by atoms with Crippen molar-refractivity contribution in [3.05, 3.63) is 29.8 Å². The Morgan fingerprint density at radius 1 is 1.19 bits per heavy atom. The predicted octanol–water partition coefficient (Wildman–Crippen LogP) is 2.71. The SMILES string of the molecule is CC(C)(C)OC(=O)N1CCC(CC(=O)Nc2cccc(CN3C(=O)CNC3=O)c2)CC1. The zero-order valence-electron chi connectivity index (χ0n) is 18.3. The summed E-state index contributed by atoms with van der Waals surface area (Å²) >= 11 is 0. The van der Waals surface area contributed by atoms with E-state index in [1.54, 1.807) is 29.2 Å². The number of amides is 5. The Morgan fingerprint density at radius 3 is 2.52 bits per heavy atom. The molecule has 0 unspecified atom stereocenters. The Morgan fingerprint density at radius 2 is 1.90 bits per heavy atom. The van der Waals surface area contributed by atoms with Crippen molar-refractivity contribution in [3.8, 4) is 0 Å². The van der Waals surface area contributed by atoms with E-state index in [0.29, 0.717) is 25.2 Å². The second kappa shape index (κ2) is 9.36. The van der Waals surface area contributed by atoms with E-state index < -0.39 is 11.6 Å². The monoisotopic (exact) mass is 430 g/mol. The molecule has 9 nitrogen and oxygen atoms in total. The molecule has 2 aliphatic heterocycles. The summed E-state index contributed by atoms with van der Waals surface area (Å²) in [5, 5.41) is 5.38. The summed E-state index contributed by atoms with van der Waals surface area (Å²) in [7, 11) is 0. The minimum atomic E-state index is -0.520. The van der Waals surface area contributed by atoms with Crippen LogP contribution >= 0.6 is 0 Å². The summed E-state index contributed by atoms with van der Waals surface area (Å²) in [5.74, 6) is -0.159. The smallest absolute Gasteiger partial charge is 0.410 e. The van der Waals surface area contributed by atoms with E-state index in [-0.39, 0.29) is 36.9 Å². The lowest BCUT2D eigenvalue weighted by atomic mass is 9.93. The van der Waals surface area contributed by atoms with Crippen LogP contribution in [0.15, 0.2) is 24.3 Å². The van der Waals surface area contributed by atoms with E-state index in [0.717, 1.165) is 23.3 Å². The Bertz CT molecular complexity index is 840. The largest absolute Gasteiger partial charge is 0.444 e. The van der Waals surface area contributed by atoms with Gasteiger partial charge in [-0.25, -0.2) is 9.59 Å². The molecule has 168 valence electrons. The first-order valence-corrected chi connectivity index (χ1v) is 10.6. The highest BCUT2D eigenvalue weighted by molar-refractivity contribution is 6.01. The van der Waals surface area contributed by atoms with E-state index in [4.69, 9.17) is 4.74 Å². The third-order valence-electron chi connectivity index (χ3n) is 5.23. The molecule has 0 atom stereocenters. The van der Waals surface area contributed by atoms with Crippen molar-refractivity contribution in [1.29, 1.82) is 0 Å². The molecule has 2 saturated heterocycles. The molecule has 2 fully saturated rings. The van der Waals surface area contributed by atoms with Crippen molar-refractivity contribution in [1.82, 2.24) is 15.1 Å². The normalized spacial score (nSPS) is 17.5. The van der Waals surface area contributed by atoms with Gasteiger partial charge in [0.15, 0.2) is 0 Å². The van der Waals surface area contributed by atoms with Gasteiger partial charge in [0.05, 0.1) is 13.1 Å². The minimum absolute atomic E-state index is 0.0159. The van der Waals surface area contributed by atoms with Gasteiger partial charge in [-0.1, -0.05) is 12.1 Å². The number of anilines is 1. The number of carbonyl (C=O) groups excluding carboxylic acids is 4. The van der Waals surface area contributed by atoms with Crippen LogP contribution in [-0.4, -0.2) is 59.0 Å². The first kappa shape index (κ1) is 22.6. The fraction of sp³-hybridized carbons (Fsp3) is 0.545. The lowest BCUT2D eigenvalue weighted by Crippen LogP contribution is -2.42. The second-order valence-corrected chi connectivity index (χ2v) is 9.00. The molecule has 0 bridgehead atoms. The quantitative estimate of drug-likeness (QED) is 0.699. The van der Waals surface area contributed by atoms with Gasteiger partial charge in [0.2, 0.25) is 11.8 Å². The maximum atomic E-state index is 12.5. The molecule has 0 radical (unpaired) electrons. The van der Waals surface area contributed by atoms with Gasteiger partial charge in [-0.15, -0.1) is 0 Å². The van der Waals surface area contributed by atoms with Gasteiger partial charge in [0.1, 0.15) is 5.60 Å². The van der Waals surface area contributed by atoms with Crippen LogP contribution < -0.4 is 10.6 Å². The van der Waals surface area contributed by atoms with Crippen molar-refractivity contribution >= 4 is 29.6 Å². The third-order valence-corrected chi connectivity index (χ3v) is 5.23. The highest BCUT2D eigenvalue weighted by Gasteiger charge is 2.29. The van der Waals surface area contributed by atoms with Crippen molar-refractivity contribution in [2.24, 2.45) is 5.92 Å². The highest BCUT2D eigenvalue weighted by atomic mass is 16.6. The van der Waals surface area contributed by atoms with E-state index in [1.165, 1.54) is 0 Å². The average Bonchev–Trinajstić information content (AvgIpc) is 2.99. The van der Waals surface area contributed by atoms with Gasteiger partial charge in [-0.3, -0.25) is 14.5 Å². The highest BCUT2D eigenvalue weighted by Crippen LogP contribution is 2.23. The molecule has 0 saturated carbocycles. The number of urea groups is 1. The number of likely N-dealkylation sites (tertiary alicyclic amines) is 1. The number of ether oxygens (including phenoxy) is 1. The topological polar surface area (TPSA) is 108 Å². The van der Waals surface area contributed by atoms with Gasteiger partial charge < -0.3 is 20.3 Å². The summed E-state index contributed by atoms with van der Waals surface area (Å²) in [4.78, 5) is 50.9. The zero-order valence-corrected chi connectivity index (χ0v) is 18.3. The van der Waals surface area contributed by atoms with Crippen LogP contribution in [0.4, 0.5) is 15.3 Å². The molecule has 3 rings (SSSR count). The fourth-order valence-corrected chi connectivity index (χ4v) is 3.67.